The van der Waals surface area contributed by atoms with Gasteiger partial charge < -0.3 is 9.67 Å². The summed E-state index contributed by atoms with van der Waals surface area (Å²) >= 11 is 0. The van der Waals surface area contributed by atoms with E-state index in [9.17, 15) is 4.79 Å². The summed E-state index contributed by atoms with van der Waals surface area (Å²) in [5.41, 5.74) is 0.339. The lowest BCUT2D eigenvalue weighted by atomic mass is 10.1. The number of benzene rings is 1. The predicted molar refractivity (Wildman–Crippen MR) is 54.6 cm³/mol. The third-order valence-corrected chi connectivity index (χ3v) is 2.31. The van der Waals surface area contributed by atoms with Crippen LogP contribution >= 0.6 is 0 Å². The van der Waals surface area contributed by atoms with Gasteiger partial charge in [-0.15, -0.1) is 0 Å². The lowest BCUT2D eigenvalue weighted by molar-refractivity contribution is 0.0697. The van der Waals surface area contributed by atoms with Crippen LogP contribution in [0.3, 0.4) is 0 Å². The Balaban J connectivity index is 2.59. The standard InChI is InChI=1S/C11H11NO2/c1-2-12-6-9-4-3-8(11(13)14)5-10(9)7-12/h3-7H,2H2,1H3,(H,13,14). The van der Waals surface area contributed by atoms with Crippen molar-refractivity contribution >= 4 is 16.7 Å². The number of hydrogen-bond acceptors (Lipinski definition) is 1. The summed E-state index contributed by atoms with van der Waals surface area (Å²) in [7, 11) is 0. The fourth-order valence-electron chi connectivity index (χ4n) is 1.51. The number of fused-ring (bicyclic) bond motifs is 1. The first-order valence-corrected chi connectivity index (χ1v) is 4.53. The van der Waals surface area contributed by atoms with Crippen molar-refractivity contribution in [2.75, 3.05) is 0 Å². The molecule has 0 saturated heterocycles. The van der Waals surface area contributed by atoms with Crippen LogP contribution in [0.15, 0.2) is 30.6 Å². The third kappa shape index (κ3) is 1.37. The van der Waals surface area contributed by atoms with Gasteiger partial charge in [-0.25, -0.2) is 4.79 Å². The number of nitrogens with zero attached hydrogens (tertiary/aromatic N) is 1. The molecule has 0 aliphatic rings. The number of rotatable bonds is 2. The Labute approximate surface area is 81.6 Å². The van der Waals surface area contributed by atoms with Crippen LogP contribution in [-0.4, -0.2) is 15.6 Å². The van der Waals surface area contributed by atoms with E-state index in [1.807, 2.05) is 23.0 Å². The molecule has 14 heavy (non-hydrogen) atoms. The van der Waals surface area contributed by atoms with E-state index in [0.29, 0.717) is 5.56 Å². The molecule has 2 aromatic rings. The van der Waals surface area contributed by atoms with Crippen LogP contribution in [0.4, 0.5) is 0 Å². The van der Waals surface area contributed by atoms with Gasteiger partial charge in [0.05, 0.1) is 5.56 Å². The molecule has 0 aliphatic heterocycles. The molecule has 3 nitrogen and oxygen atoms in total. The van der Waals surface area contributed by atoms with E-state index in [-0.39, 0.29) is 0 Å². The van der Waals surface area contributed by atoms with Crippen molar-refractivity contribution in [1.82, 2.24) is 4.57 Å². The lowest BCUT2D eigenvalue weighted by Gasteiger charge is -1.92. The number of carboxylic acid groups (broad SMARTS) is 1. The summed E-state index contributed by atoms with van der Waals surface area (Å²) in [6.07, 6.45) is 3.97. The van der Waals surface area contributed by atoms with Crippen LogP contribution in [0.25, 0.3) is 10.8 Å². The van der Waals surface area contributed by atoms with Crippen LogP contribution in [0.2, 0.25) is 0 Å². The average Bonchev–Trinajstić information content (AvgIpc) is 2.58. The van der Waals surface area contributed by atoms with E-state index in [0.717, 1.165) is 17.3 Å². The van der Waals surface area contributed by atoms with Crippen molar-refractivity contribution in [2.45, 2.75) is 13.5 Å². The van der Waals surface area contributed by atoms with Gasteiger partial charge in [-0.1, -0.05) is 6.07 Å². The fraction of sp³-hybridized carbons (Fsp3) is 0.182. The first-order chi connectivity index (χ1) is 6.70. The maximum absolute atomic E-state index is 10.7. The molecule has 0 spiro atoms. The van der Waals surface area contributed by atoms with Gasteiger partial charge in [-0.05, 0) is 24.4 Å². The molecule has 0 fully saturated rings. The lowest BCUT2D eigenvalue weighted by Crippen LogP contribution is -1.94. The van der Waals surface area contributed by atoms with Crippen LogP contribution < -0.4 is 0 Å². The van der Waals surface area contributed by atoms with Crippen molar-refractivity contribution < 1.29 is 9.90 Å². The molecule has 0 saturated carbocycles. The topological polar surface area (TPSA) is 42.2 Å². The molecule has 0 amide bonds. The number of aromatic carboxylic acids is 1. The van der Waals surface area contributed by atoms with Gasteiger partial charge in [0.2, 0.25) is 0 Å². The summed E-state index contributed by atoms with van der Waals surface area (Å²) in [5.74, 6) is -0.879. The maximum atomic E-state index is 10.7. The molecular formula is C11H11NO2. The molecular weight excluding hydrogens is 178 g/mol. The molecule has 3 heteroatoms. The zero-order valence-electron chi connectivity index (χ0n) is 7.90. The number of carbonyl (C=O) groups is 1. The molecule has 1 aromatic heterocycles. The van der Waals surface area contributed by atoms with Gasteiger partial charge in [0.25, 0.3) is 0 Å². The zero-order chi connectivity index (χ0) is 10.1. The summed E-state index contributed by atoms with van der Waals surface area (Å²) in [5, 5.41) is 10.9. The fourth-order valence-corrected chi connectivity index (χ4v) is 1.51. The van der Waals surface area contributed by atoms with Gasteiger partial charge in [-0.2, -0.15) is 0 Å². The monoisotopic (exact) mass is 189 g/mol. The minimum atomic E-state index is -0.879. The highest BCUT2D eigenvalue weighted by molar-refractivity contribution is 5.94. The molecule has 0 aliphatic carbocycles. The number of hydrogen-bond donors (Lipinski definition) is 1. The number of aromatic nitrogens is 1. The Bertz CT molecular complexity index is 485. The Hall–Kier alpha value is -1.77. The summed E-state index contributed by atoms with van der Waals surface area (Å²) in [4.78, 5) is 10.7. The predicted octanol–water partition coefficient (Wildman–Crippen LogP) is 2.36. The minimum absolute atomic E-state index is 0.339. The quantitative estimate of drug-likeness (QED) is 0.787. The minimum Gasteiger partial charge on any atom is -0.478 e. The molecule has 1 N–H and O–H groups in total. The van der Waals surface area contributed by atoms with Crippen molar-refractivity contribution in [1.29, 1.82) is 0 Å². The van der Waals surface area contributed by atoms with Crippen LogP contribution in [-0.2, 0) is 6.54 Å². The van der Waals surface area contributed by atoms with E-state index in [2.05, 4.69) is 6.92 Å². The molecule has 2 rings (SSSR count). The molecule has 0 radical (unpaired) electrons. The molecule has 1 aromatic carbocycles. The van der Waals surface area contributed by atoms with E-state index in [4.69, 9.17) is 5.11 Å². The van der Waals surface area contributed by atoms with Crippen LogP contribution in [0, 0.1) is 0 Å². The molecule has 0 atom stereocenters. The molecule has 0 unspecified atom stereocenters. The first-order valence-electron chi connectivity index (χ1n) is 4.53. The Morgan fingerprint density at radius 1 is 1.36 bits per heavy atom. The zero-order valence-corrected chi connectivity index (χ0v) is 7.90. The summed E-state index contributed by atoms with van der Waals surface area (Å²) in [6.45, 7) is 2.95. The second-order valence-electron chi connectivity index (χ2n) is 3.24. The Kier molecular flexibility index (Phi) is 2.00. The van der Waals surface area contributed by atoms with Crippen molar-refractivity contribution in [3.8, 4) is 0 Å². The highest BCUT2D eigenvalue weighted by Crippen LogP contribution is 2.17. The Morgan fingerprint density at radius 3 is 2.71 bits per heavy atom. The third-order valence-electron chi connectivity index (χ3n) is 2.31. The second-order valence-corrected chi connectivity index (χ2v) is 3.24. The van der Waals surface area contributed by atoms with Gasteiger partial charge in [0.15, 0.2) is 0 Å². The normalized spacial score (nSPS) is 10.6. The number of carboxylic acids is 1. The number of aryl methyl sites for hydroxylation is 1. The van der Waals surface area contributed by atoms with Gasteiger partial charge in [-0.3, -0.25) is 0 Å². The molecule has 72 valence electrons. The smallest absolute Gasteiger partial charge is 0.335 e. The van der Waals surface area contributed by atoms with Crippen molar-refractivity contribution in [2.24, 2.45) is 0 Å². The average molecular weight is 189 g/mol. The second kappa shape index (κ2) is 3.18. The van der Waals surface area contributed by atoms with Crippen LogP contribution in [0.1, 0.15) is 17.3 Å². The highest BCUT2D eigenvalue weighted by Gasteiger charge is 2.04. The van der Waals surface area contributed by atoms with E-state index in [1.165, 1.54) is 0 Å². The van der Waals surface area contributed by atoms with E-state index < -0.39 is 5.97 Å². The van der Waals surface area contributed by atoms with Gasteiger partial charge >= 0.3 is 5.97 Å². The Morgan fingerprint density at radius 2 is 2.07 bits per heavy atom. The largest absolute Gasteiger partial charge is 0.478 e. The van der Waals surface area contributed by atoms with Gasteiger partial charge in [0, 0.05) is 24.3 Å². The maximum Gasteiger partial charge on any atom is 0.335 e. The van der Waals surface area contributed by atoms with Crippen LogP contribution in [0.5, 0.6) is 0 Å². The van der Waals surface area contributed by atoms with Gasteiger partial charge in [0.1, 0.15) is 0 Å². The van der Waals surface area contributed by atoms with Crippen molar-refractivity contribution in [3.05, 3.63) is 36.2 Å². The van der Waals surface area contributed by atoms with E-state index in [1.54, 1.807) is 12.1 Å². The molecule has 0 bridgehead atoms. The first kappa shape index (κ1) is 8.81. The summed E-state index contributed by atoms with van der Waals surface area (Å²) < 4.78 is 2.04. The highest BCUT2D eigenvalue weighted by atomic mass is 16.4. The summed E-state index contributed by atoms with van der Waals surface area (Å²) in [6, 6.07) is 5.17. The molecule has 1 heterocycles. The SMILES string of the molecule is CCn1cc2ccc(C(=O)O)cc2c1. The van der Waals surface area contributed by atoms with E-state index >= 15 is 0 Å². The van der Waals surface area contributed by atoms with Crippen molar-refractivity contribution in [3.63, 3.8) is 0 Å².